The van der Waals surface area contributed by atoms with Gasteiger partial charge in [0.25, 0.3) is 0 Å². The number of carbonyl (C=O) groups is 1. The zero-order chi connectivity index (χ0) is 29.1. The molecule has 6 atom stereocenters. The van der Waals surface area contributed by atoms with E-state index in [2.05, 4.69) is 73.0 Å². The fourth-order valence-corrected chi connectivity index (χ4v) is 7.55. The first-order chi connectivity index (χ1) is 16.9. The Morgan fingerprint density at radius 3 is 1.55 bits per heavy atom. The minimum Gasteiger partial charge on any atom is -0.410 e. The number of hydrogen-bond acceptors (Lipinski definition) is 7. The van der Waals surface area contributed by atoms with Gasteiger partial charge in [0.15, 0.2) is 28.2 Å². The molecule has 0 aromatic rings. The fraction of sp³-hybridized carbons (Fsp3) is 0.964. The normalized spacial score (nSPS) is 31.9. The highest BCUT2D eigenvalue weighted by atomic mass is 28.4. The number of hydrogen-bond donors (Lipinski definition) is 1. The van der Waals surface area contributed by atoms with Gasteiger partial charge in [-0.1, -0.05) is 41.5 Å². The van der Waals surface area contributed by atoms with Crippen molar-refractivity contribution in [2.24, 2.45) is 5.92 Å². The van der Waals surface area contributed by atoms with Crippen molar-refractivity contribution in [3.8, 4) is 0 Å². The zero-order valence-electron chi connectivity index (χ0n) is 26.4. The Morgan fingerprint density at radius 2 is 1.18 bits per heavy atom. The molecular formula is C28H55NO7Si2. The van der Waals surface area contributed by atoms with Gasteiger partial charge in [0.05, 0.1) is 37.4 Å². The van der Waals surface area contributed by atoms with Gasteiger partial charge in [-0.3, -0.25) is 4.79 Å². The summed E-state index contributed by atoms with van der Waals surface area (Å²) in [6, 6.07) is -0.218. The average Bonchev–Trinajstić information content (AvgIpc) is 3.38. The Labute approximate surface area is 233 Å². The average molecular weight is 574 g/mol. The van der Waals surface area contributed by atoms with Crippen LogP contribution in [0.2, 0.25) is 36.3 Å². The van der Waals surface area contributed by atoms with E-state index in [0.717, 1.165) is 0 Å². The SMILES string of the molecule is CC1(C)OC[C@@H]([C@H](O[Si](C)(C)C(C)(C)C)[C@@H]2C[C@H]([C@H](O[Si](C)(C)C(C)(C)C)[C@@H]3COC(C)(C)O3)C(=O)N2)O1. The highest BCUT2D eigenvalue weighted by Gasteiger charge is 2.54. The third-order valence-corrected chi connectivity index (χ3v) is 18.2. The molecule has 3 heterocycles. The van der Waals surface area contributed by atoms with Crippen LogP contribution in [-0.2, 0) is 32.6 Å². The van der Waals surface area contributed by atoms with Crippen molar-refractivity contribution in [1.29, 1.82) is 0 Å². The summed E-state index contributed by atoms with van der Waals surface area (Å²) < 4.78 is 38.5. The van der Waals surface area contributed by atoms with Gasteiger partial charge in [0.2, 0.25) is 5.91 Å². The van der Waals surface area contributed by atoms with Gasteiger partial charge in [0.1, 0.15) is 12.2 Å². The molecule has 38 heavy (non-hydrogen) atoms. The van der Waals surface area contributed by atoms with Crippen LogP contribution in [0.15, 0.2) is 0 Å². The molecule has 0 aromatic heterocycles. The summed E-state index contributed by atoms with van der Waals surface area (Å²) in [5, 5.41) is 3.29. The topological polar surface area (TPSA) is 84.5 Å². The number of amides is 1. The number of nitrogens with one attached hydrogen (secondary N) is 1. The predicted molar refractivity (Wildman–Crippen MR) is 154 cm³/mol. The molecule has 0 bridgehead atoms. The lowest BCUT2D eigenvalue weighted by Gasteiger charge is -2.43. The summed E-state index contributed by atoms with van der Waals surface area (Å²) in [7, 11) is -4.40. The van der Waals surface area contributed by atoms with Crippen LogP contribution in [0.4, 0.5) is 0 Å². The van der Waals surface area contributed by atoms with Gasteiger partial charge in [-0.2, -0.15) is 0 Å². The van der Waals surface area contributed by atoms with Crippen molar-refractivity contribution in [1.82, 2.24) is 5.32 Å². The van der Waals surface area contributed by atoms with E-state index >= 15 is 0 Å². The van der Waals surface area contributed by atoms with E-state index in [4.69, 9.17) is 27.8 Å². The molecule has 0 spiro atoms. The lowest BCUT2D eigenvalue weighted by Crippen LogP contribution is -2.54. The van der Waals surface area contributed by atoms with E-state index in [1.54, 1.807) is 0 Å². The van der Waals surface area contributed by atoms with Gasteiger partial charge < -0.3 is 33.1 Å². The molecule has 3 saturated heterocycles. The van der Waals surface area contributed by atoms with Crippen molar-refractivity contribution in [3.63, 3.8) is 0 Å². The van der Waals surface area contributed by atoms with Crippen molar-refractivity contribution in [3.05, 3.63) is 0 Å². The van der Waals surface area contributed by atoms with Crippen LogP contribution in [0.25, 0.3) is 0 Å². The third-order valence-electron chi connectivity index (χ3n) is 9.23. The van der Waals surface area contributed by atoms with E-state index in [0.29, 0.717) is 19.6 Å². The summed E-state index contributed by atoms with van der Waals surface area (Å²) >= 11 is 0. The number of carbonyl (C=O) groups excluding carboxylic acids is 1. The molecular weight excluding hydrogens is 518 g/mol. The van der Waals surface area contributed by atoms with Crippen molar-refractivity contribution in [2.45, 2.75) is 154 Å². The molecule has 3 aliphatic rings. The summed E-state index contributed by atoms with van der Waals surface area (Å²) in [5.41, 5.74) is 0. The molecule has 0 radical (unpaired) electrons. The molecule has 3 rings (SSSR count). The van der Waals surface area contributed by atoms with Gasteiger partial charge in [0, 0.05) is 0 Å². The first kappa shape index (κ1) is 32.2. The van der Waals surface area contributed by atoms with Crippen LogP contribution >= 0.6 is 0 Å². The number of rotatable bonds is 8. The molecule has 0 aromatic carbocycles. The van der Waals surface area contributed by atoms with Gasteiger partial charge >= 0.3 is 0 Å². The van der Waals surface area contributed by atoms with Crippen molar-refractivity contribution in [2.75, 3.05) is 13.2 Å². The molecule has 0 saturated carbocycles. The van der Waals surface area contributed by atoms with Gasteiger partial charge in [-0.15, -0.1) is 0 Å². The first-order valence-corrected chi connectivity index (χ1v) is 20.1. The predicted octanol–water partition coefficient (Wildman–Crippen LogP) is 5.57. The van der Waals surface area contributed by atoms with Crippen LogP contribution < -0.4 is 5.32 Å². The van der Waals surface area contributed by atoms with E-state index in [-0.39, 0.29) is 46.3 Å². The molecule has 0 aliphatic carbocycles. The van der Waals surface area contributed by atoms with E-state index in [9.17, 15) is 4.79 Å². The van der Waals surface area contributed by atoms with Crippen LogP contribution in [0.3, 0.4) is 0 Å². The smallest absolute Gasteiger partial charge is 0.226 e. The standard InChI is InChI=1S/C28H55NO7Si2/c1-25(2,3)37(11,12)35-22(20-16-31-27(7,8)33-20)18-15-19(29-24(18)30)23(21-17-32-28(9,10)34-21)36-38(13,14)26(4,5)6/h18-23H,15-17H2,1-14H3,(H,29,30)/t18-,19+,20+,21+,22+,23-/m1/s1. The molecule has 1 N–H and O–H groups in total. The maximum atomic E-state index is 13.7. The van der Waals surface area contributed by atoms with Crippen LogP contribution in [0, 0.1) is 5.92 Å². The number of ether oxygens (including phenoxy) is 4. The largest absolute Gasteiger partial charge is 0.410 e. The minimum atomic E-state index is -2.22. The maximum Gasteiger partial charge on any atom is 0.226 e. The molecule has 10 heteroatoms. The van der Waals surface area contributed by atoms with Crippen molar-refractivity contribution < 1.29 is 32.6 Å². The van der Waals surface area contributed by atoms with Crippen molar-refractivity contribution >= 4 is 22.5 Å². The molecule has 8 nitrogen and oxygen atoms in total. The monoisotopic (exact) mass is 573 g/mol. The molecule has 0 unspecified atom stereocenters. The van der Waals surface area contributed by atoms with E-state index in [1.807, 2.05) is 27.7 Å². The summed E-state index contributed by atoms with van der Waals surface area (Å²) in [6.45, 7) is 30.8. The second-order valence-corrected chi connectivity index (χ2v) is 24.9. The zero-order valence-corrected chi connectivity index (χ0v) is 28.4. The van der Waals surface area contributed by atoms with Crippen LogP contribution in [0.5, 0.6) is 0 Å². The Hall–Kier alpha value is -0.336. The van der Waals surface area contributed by atoms with E-state index < -0.39 is 34.3 Å². The first-order valence-electron chi connectivity index (χ1n) is 14.2. The Morgan fingerprint density at radius 1 is 0.789 bits per heavy atom. The Bertz CT molecular complexity index is 862. The Kier molecular flexibility index (Phi) is 8.89. The van der Waals surface area contributed by atoms with Gasteiger partial charge in [-0.25, -0.2) is 0 Å². The fourth-order valence-electron chi connectivity index (χ4n) is 4.85. The molecule has 222 valence electrons. The Balaban J connectivity index is 1.92. The highest BCUT2D eigenvalue weighted by molar-refractivity contribution is 6.74. The lowest BCUT2D eigenvalue weighted by atomic mass is 9.92. The van der Waals surface area contributed by atoms with E-state index in [1.165, 1.54) is 0 Å². The molecule has 1 amide bonds. The second-order valence-electron chi connectivity index (χ2n) is 15.4. The van der Waals surface area contributed by atoms with Crippen LogP contribution in [0.1, 0.15) is 75.7 Å². The summed E-state index contributed by atoms with van der Waals surface area (Å²) in [4.78, 5) is 13.7. The summed E-state index contributed by atoms with van der Waals surface area (Å²) in [6.07, 6.45) is -0.741. The molecule has 3 aliphatic heterocycles. The summed E-state index contributed by atoms with van der Waals surface area (Å²) in [5.74, 6) is -1.79. The lowest BCUT2D eigenvalue weighted by molar-refractivity contribution is -0.156. The quantitative estimate of drug-likeness (QED) is 0.380. The second kappa shape index (κ2) is 10.5. The minimum absolute atomic E-state index is 0.0106. The molecule has 3 fully saturated rings. The van der Waals surface area contributed by atoms with Crippen LogP contribution in [-0.4, -0.2) is 77.8 Å². The third kappa shape index (κ3) is 7.10. The maximum absolute atomic E-state index is 13.7. The van der Waals surface area contributed by atoms with Gasteiger partial charge in [-0.05, 0) is 70.4 Å². The highest BCUT2D eigenvalue weighted by Crippen LogP contribution is 2.44.